The molecule has 0 saturated carbocycles. The maximum atomic E-state index is 5.83. The molecule has 0 spiro atoms. The number of rotatable bonds is 2. The Morgan fingerprint density at radius 2 is 2.25 bits per heavy atom. The van der Waals surface area contributed by atoms with Gasteiger partial charge in [-0.05, 0) is 32.4 Å². The van der Waals surface area contributed by atoms with Gasteiger partial charge in [-0.1, -0.05) is 6.08 Å². The zero-order chi connectivity index (χ0) is 9.14. The fourth-order valence-corrected chi connectivity index (χ4v) is 1.07. The molecule has 1 atom stereocenters. The first kappa shape index (κ1) is 9.29. The van der Waals surface area contributed by atoms with Crippen LogP contribution in [-0.2, 0) is 0 Å². The second kappa shape index (κ2) is 3.74. The highest BCUT2D eigenvalue weighted by Gasteiger charge is 2.14. The predicted molar refractivity (Wildman–Crippen MR) is 51.0 cm³/mol. The summed E-state index contributed by atoms with van der Waals surface area (Å²) in [6, 6.07) is 0.346. The molecule has 3 nitrogen and oxygen atoms in total. The molecule has 3 N–H and O–H groups in total. The molecular weight excluding hydrogens is 150 g/mol. The van der Waals surface area contributed by atoms with Crippen LogP contribution in [-0.4, -0.2) is 17.2 Å². The summed E-state index contributed by atoms with van der Waals surface area (Å²) in [5.74, 6) is 5.83. The zero-order valence-corrected chi connectivity index (χ0v) is 7.91. The first-order valence-electron chi connectivity index (χ1n) is 4.25. The summed E-state index contributed by atoms with van der Waals surface area (Å²) in [6.07, 6.45) is 6.25. The first-order valence-corrected chi connectivity index (χ1v) is 4.25. The molecule has 0 saturated heterocycles. The Balaban J connectivity index is 2.53. The molecule has 0 bridgehead atoms. The van der Waals surface area contributed by atoms with E-state index in [0.717, 1.165) is 0 Å². The number of nitrogens with one attached hydrogen (secondary N) is 1. The van der Waals surface area contributed by atoms with E-state index < -0.39 is 0 Å². The van der Waals surface area contributed by atoms with Crippen LogP contribution in [0.3, 0.4) is 0 Å². The van der Waals surface area contributed by atoms with Gasteiger partial charge in [0.25, 0.3) is 0 Å². The van der Waals surface area contributed by atoms with Gasteiger partial charge in [0.2, 0.25) is 0 Å². The second-order valence-corrected chi connectivity index (χ2v) is 3.40. The molecule has 1 unspecified atom stereocenters. The van der Waals surface area contributed by atoms with Crippen LogP contribution in [0.4, 0.5) is 0 Å². The van der Waals surface area contributed by atoms with Gasteiger partial charge in [-0.2, -0.15) is 0 Å². The van der Waals surface area contributed by atoms with Gasteiger partial charge in [0.05, 0.1) is 0 Å². The summed E-state index contributed by atoms with van der Waals surface area (Å²) in [5, 5.41) is 4.99. The van der Waals surface area contributed by atoms with Crippen LogP contribution in [0.5, 0.6) is 0 Å². The molecule has 0 aromatic heterocycles. The first-order chi connectivity index (χ1) is 5.61. The maximum absolute atomic E-state index is 5.83. The molecule has 1 heterocycles. The van der Waals surface area contributed by atoms with Crippen LogP contribution in [0.15, 0.2) is 23.9 Å². The molecule has 3 heteroatoms. The van der Waals surface area contributed by atoms with Crippen LogP contribution in [0.2, 0.25) is 0 Å². The van der Waals surface area contributed by atoms with Gasteiger partial charge in [-0.3, -0.25) is 5.84 Å². The maximum Gasteiger partial charge on any atom is 0.111 e. The standard InChI is InChI=1S/C9H17N3/c1-7(2)12(10)9-5-4-8(3)6-11-9/h4-7,9,11H,10H2,1-3H3. The topological polar surface area (TPSA) is 41.3 Å². The molecule has 0 aromatic rings. The van der Waals surface area contributed by atoms with Crippen LogP contribution >= 0.6 is 0 Å². The third kappa shape index (κ3) is 2.09. The molecular formula is C9H17N3. The number of hydrazine groups is 1. The molecule has 0 amide bonds. The highest BCUT2D eigenvalue weighted by molar-refractivity contribution is 5.21. The van der Waals surface area contributed by atoms with Gasteiger partial charge in [0, 0.05) is 12.2 Å². The van der Waals surface area contributed by atoms with Crippen molar-refractivity contribution in [1.29, 1.82) is 0 Å². The second-order valence-electron chi connectivity index (χ2n) is 3.40. The Kier molecular flexibility index (Phi) is 2.89. The summed E-state index contributed by atoms with van der Waals surface area (Å²) < 4.78 is 0. The number of dihydropyridines is 1. The lowest BCUT2D eigenvalue weighted by molar-refractivity contribution is 0.170. The molecule has 1 rings (SSSR count). The average Bonchev–Trinajstić information content (AvgIpc) is 2.04. The van der Waals surface area contributed by atoms with Crippen molar-refractivity contribution in [1.82, 2.24) is 10.3 Å². The lowest BCUT2D eigenvalue weighted by atomic mass is 10.2. The number of allylic oxidation sites excluding steroid dienone is 2. The average molecular weight is 167 g/mol. The van der Waals surface area contributed by atoms with E-state index in [-0.39, 0.29) is 6.17 Å². The molecule has 12 heavy (non-hydrogen) atoms. The van der Waals surface area contributed by atoms with Gasteiger partial charge in [-0.15, -0.1) is 0 Å². The highest BCUT2D eigenvalue weighted by atomic mass is 15.5. The summed E-state index contributed by atoms with van der Waals surface area (Å²) in [6.45, 7) is 6.19. The van der Waals surface area contributed by atoms with Gasteiger partial charge in [0.15, 0.2) is 0 Å². The van der Waals surface area contributed by atoms with Crippen molar-refractivity contribution < 1.29 is 0 Å². The lowest BCUT2D eigenvalue weighted by Crippen LogP contribution is -2.51. The summed E-state index contributed by atoms with van der Waals surface area (Å²) in [4.78, 5) is 0. The molecule has 68 valence electrons. The van der Waals surface area contributed by atoms with E-state index in [1.807, 2.05) is 6.20 Å². The SMILES string of the molecule is CC1=CNC(N(N)C(C)C)C=C1. The number of hydrogen-bond acceptors (Lipinski definition) is 3. The van der Waals surface area contributed by atoms with E-state index in [1.165, 1.54) is 5.57 Å². The molecule has 0 fully saturated rings. The van der Waals surface area contributed by atoms with Crippen LogP contribution in [0, 0.1) is 0 Å². The van der Waals surface area contributed by atoms with E-state index in [1.54, 1.807) is 5.01 Å². The Morgan fingerprint density at radius 3 is 2.67 bits per heavy atom. The van der Waals surface area contributed by atoms with Crippen LogP contribution in [0.25, 0.3) is 0 Å². The van der Waals surface area contributed by atoms with Crippen molar-refractivity contribution in [3.05, 3.63) is 23.9 Å². The minimum atomic E-state index is 0.133. The predicted octanol–water partition coefficient (Wildman–Crippen LogP) is 0.960. The highest BCUT2D eigenvalue weighted by Crippen LogP contribution is 2.06. The molecule has 1 aliphatic heterocycles. The van der Waals surface area contributed by atoms with Crippen molar-refractivity contribution in [2.24, 2.45) is 5.84 Å². The molecule has 0 aromatic carbocycles. The third-order valence-electron chi connectivity index (χ3n) is 1.94. The largest absolute Gasteiger partial charge is 0.371 e. The summed E-state index contributed by atoms with van der Waals surface area (Å²) in [5.41, 5.74) is 1.23. The minimum absolute atomic E-state index is 0.133. The van der Waals surface area contributed by atoms with Gasteiger partial charge in [0.1, 0.15) is 6.17 Å². The van der Waals surface area contributed by atoms with E-state index in [9.17, 15) is 0 Å². The van der Waals surface area contributed by atoms with Crippen molar-refractivity contribution in [3.63, 3.8) is 0 Å². The molecule has 0 aliphatic carbocycles. The van der Waals surface area contributed by atoms with Crippen molar-refractivity contribution >= 4 is 0 Å². The van der Waals surface area contributed by atoms with E-state index in [0.29, 0.717) is 6.04 Å². The number of nitrogens with zero attached hydrogens (tertiary/aromatic N) is 1. The fraction of sp³-hybridized carbons (Fsp3) is 0.556. The van der Waals surface area contributed by atoms with Crippen LogP contribution in [0.1, 0.15) is 20.8 Å². The minimum Gasteiger partial charge on any atom is -0.371 e. The zero-order valence-electron chi connectivity index (χ0n) is 7.91. The van der Waals surface area contributed by atoms with Gasteiger partial charge < -0.3 is 5.32 Å². The Bertz CT molecular complexity index is 206. The Labute approximate surface area is 73.9 Å². The smallest absolute Gasteiger partial charge is 0.111 e. The monoisotopic (exact) mass is 167 g/mol. The van der Waals surface area contributed by atoms with E-state index in [2.05, 4.69) is 38.2 Å². The Hall–Kier alpha value is -0.800. The summed E-state index contributed by atoms with van der Waals surface area (Å²) in [7, 11) is 0. The van der Waals surface area contributed by atoms with Crippen molar-refractivity contribution in [2.75, 3.05) is 0 Å². The third-order valence-corrected chi connectivity index (χ3v) is 1.94. The van der Waals surface area contributed by atoms with E-state index in [4.69, 9.17) is 5.84 Å². The summed E-state index contributed by atoms with van der Waals surface area (Å²) >= 11 is 0. The number of hydrogen-bond donors (Lipinski definition) is 2. The normalized spacial score (nSPS) is 22.8. The Morgan fingerprint density at radius 1 is 1.58 bits per heavy atom. The van der Waals surface area contributed by atoms with Crippen molar-refractivity contribution in [2.45, 2.75) is 33.0 Å². The quantitative estimate of drug-likeness (QED) is 0.475. The van der Waals surface area contributed by atoms with Crippen molar-refractivity contribution in [3.8, 4) is 0 Å². The van der Waals surface area contributed by atoms with Crippen LogP contribution < -0.4 is 11.2 Å². The molecule has 1 aliphatic rings. The molecule has 0 radical (unpaired) electrons. The lowest BCUT2D eigenvalue weighted by Gasteiger charge is -2.30. The van der Waals surface area contributed by atoms with E-state index >= 15 is 0 Å². The van der Waals surface area contributed by atoms with Gasteiger partial charge in [-0.25, -0.2) is 5.01 Å². The number of nitrogens with two attached hydrogens (primary N) is 1. The fourth-order valence-electron chi connectivity index (χ4n) is 1.07. The van der Waals surface area contributed by atoms with Gasteiger partial charge >= 0.3 is 0 Å².